The number of pyridine rings is 1. The maximum atomic E-state index is 13.2. The zero-order valence-electron chi connectivity index (χ0n) is 17.2. The lowest BCUT2D eigenvalue weighted by Crippen LogP contribution is -2.64. The Balaban J connectivity index is 1.91. The number of rotatable bonds is 5. The number of nitrogens with zero attached hydrogens (tertiary/aromatic N) is 3. The maximum Gasteiger partial charge on any atom is 0.416 e. The van der Waals surface area contributed by atoms with Crippen LogP contribution >= 0.6 is 0 Å². The molecular formula is C20H20F3N3O5S. The molecule has 1 aromatic carbocycles. The zero-order chi connectivity index (χ0) is 23.7. The smallest absolute Gasteiger partial charge is 0.416 e. The van der Waals surface area contributed by atoms with E-state index in [1.54, 1.807) is 19.1 Å². The number of alkyl halides is 3. The van der Waals surface area contributed by atoms with Crippen molar-refractivity contribution in [2.24, 2.45) is 0 Å². The molecule has 0 bridgehead atoms. The van der Waals surface area contributed by atoms with E-state index in [4.69, 9.17) is 4.74 Å². The highest BCUT2D eigenvalue weighted by Crippen LogP contribution is 2.33. The lowest BCUT2D eigenvalue weighted by Gasteiger charge is -2.46. The molecule has 1 aliphatic heterocycles. The van der Waals surface area contributed by atoms with Crippen LogP contribution in [0.2, 0.25) is 0 Å². The minimum atomic E-state index is -4.62. The van der Waals surface area contributed by atoms with Crippen LogP contribution in [0.4, 0.5) is 13.2 Å². The topological polar surface area (TPSA) is 96.9 Å². The Labute approximate surface area is 182 Å². The van der Waals surface area contributed by atoms with Crippen LogP contribution in [0.1, 0.15) is 28.5 Å². The SMILES string of the molecule is Cc1ncccc1C(=O)N1CCN(S(=O)(=O)c2ccc(C(F)(F)F)cc2)[C@](C)(OC=O)C1. The third-order valence-electron chi connectivity index (χ3n) is 5.18. The maximum absolute atomic E-state index is 13.2. The number of carbonyl (C=O) groups is 2. The van der Waals surface area contributed by atoms with Crippen LogP contribution in [0.15, 0.2) is 47.5 Å². The van der Waals surface area contributed by atoms with Crippen molar-refractivity contribution in [1.82, 2.24) is 14.2 Å². The fourth-order valence-electron chi connectivity index (χ4n) is 3.53. The number of carbonyl (C=O) groups excluding carboxylic acids is 2. The molecule has 8 nitrogen and oxygen atoms in total. The highest BCUT2D eigenvalue weighted by molar-refractivity contribution is 7.89. The third kappa shape index (κ3) is 4.46. The van der Waals surface area contributed by atoms with E-state index in [0.717, 1.165) is 16.4 Å². The van der Waals surface area contributed by atoms with E-state index in [1.807, 2.05) is 0 Å². The Morgan fingerprint density at radius 1 is 1.19 bits per heavy atom. The Hall–Kier alpha value is -2.99. The lowest BCUT2D eigenvalue weighted by molar-refractivity contribution is -0.162. The second kappa shape index (κ2) is 8.51. The minimum Gasteiger partial charge on any atom is -0.443 e. The zero-order valence-corrected chi connectivity index (χ0v) is 18.0. The van der Waals surface area contributed by atoms with Crippen LogP contribution in [0.5, 0.6) is 0 Å². The predicted molar refractivity (Wildman–Crippen MR) is 106 cm³/mol. The van der Waals surface area contributed by atoms with Crippen LogP contribution < -0.4 is 0 Å². The van der Waals surface area contributed by atoms with Gasteiger partial charge >= 0.3 is 6.18 Å². The van der Waals surface area contributed by atoms with Crippen molar-refractivity contribution in [2.45, 2.75) is 30.6 Å². The quantitative estimate of drug-likeness (QED) is 0.622. The first-order chi connectivity index (χ1) is 14.9. The predicted octanol–water partition coefficient (Wildman–Crippen LogP) is 2.44. The van der Waals surface area contributed by atoms with Crippen molar-refractivity contribution in [3.05, 3.63) is 59.4 Å². The summed E-state index contributed by atoms with van der Waals surface area (Å²) in [6, 6.07) is 6.18. The summed E-state index contributed by atoms with van der Waals surface area (Å²) >= 11 is 0. The number of aryl methyl sites for hydroxylation is 1. The van der Waals surface area contributed by atoms with Gasteiger partial charge in [0.25, 0.3) is 12.4 Å². The Morgan fingerprint density at radius 2 is 1.84 bits per heavy atom. The number of hydrogen-bond acceptors (Lipinski definition) is 6. The van der Waals surface area contributed by atoms with Gasteiger partial charge in [0.2, 0.25) is 10.0 Å². The van der Waals surface area contributed by atoms with Crippen LogP contribution in [0.3, 0.4) is 0 Å². The van der Waals surface area contributed by atoms with Gasteiger partial charge in [-0.3, -0.25) is 14.6 Å². The van der Waals surface area contributed by atoms with Crippen LogP contribution in [-0.2, 0) is 25.7 Å². The average molecular weight is 471 g/mol. The summed E-state index contributed by atoms with van der Waals surface area (Å²) in [5, 5.41) is 0. The Morgan fingerprint density at radius 3 is 2.41 bits per heavy atom. The van der Waals surface area contributed by atoms with E-state index in [2.05, 4.69) is 4.98 Å². The van der Waals surface area contributed by atoms with Crippen LogP contribution in [0.25, 0.3) is 0 Å². The van der Waals surface area contributed by atoms with Crippen molar-refractivity contribution in [3.63, 3.8) is 0 Å². The van der Waals surface area contributed by atoms with Crippen molar-refractivity contribution < 1.29 is 35.9 Å². The second-order valence-corrected chi connectivity index (χ2v) is 9.21. The van der Waals surface area contributed by atoms with Gasteiger partial charge in [-0.05, 0) is 50.2 Å². The summed E-state index contributed by atoms with van der Waals surface area (Å²) in [6.07, 6.45) is -3.09. The normalized spacial score (nSPS) is 20.1. The molecule has 1 aliphatic rings. The van der Waals surface area contributed by atoms with Gasteiger partial charge in [0.1, 0.15) is 0 Å². The molecule has 32 heavy (non-hydrogen) atoms. The molecule has 2 heterocycles. The second-order valence-electron chi connectivity index (χ2n) is 7.35. The third-order valence-corrected chi connectivity index (χ3v) is 7.20. The summed E-state index contributed by atoms with van der Waals surface area (Å²) in [4.78, 5) is 29.1. The number of ether oxygens (including phenoxy) is 1. The number of benzene rings is 1. The fourth-order valence-corrected chi connectivity index (χ4v) is 5.20. The van der Waals surface area contributed by atoms with Crippen molar-refractivity contribution >= 4 is 22.4 Å². The van der Waals surface area contributed by atoms with Gasteiger partial charge in [-0.1, -0.05) is 0 Å². The van der Waals surface area contributed by atoms with E-state index >= 15 is 0 Å². The molecular weight excluding hydrogens is 451 g/mol. The van der Waals surface area contributed by atoms with Gasteiger partial charge in [-0.25, -0.2) is 8.42 Å². The molecule has 1 saturated heterocycles. The summed E-state index contributed by atoms with van der Waals surface area (Å²) in [5.74, 6) is -0.414. The molecule has 1 aromatic heterocycles. The minimum absolute atomic E-state index is 0.0230. The van der Waals surface area contributed by atoms with Crippen molar-refractivity contribution in [2.75, 3.05) is 19.6 Å². The number of sulfonamides is 1. The van der Waals surface area contributed by atoms with Crippen molar-refractivity contribution in [3.8, 4) is 0 Å². The standard InChI is InChI=1S/C20H20F3N3O5S/c1-14-17(4-3-9-24-14)18(28)25-10-11-26(19(2,12-25)31-13-27)32(29,30)16-7-5-15(6-8-16)20(21,22)23/h3-9,13H,10-12H2,1-2H3/t19-/m1/s1. The summed E-state index contributed by atoms with van der Waals surface area (Å²) < 4.78 is 70.8. The molecule has 0 aliphatic carbocycles. The number of halogens is 3. The molecule has 0 radical (unpaired) electrons. The molecule has 2 aromatic rings. The lowest BCUT2D eigenvalue weighted by atomic mass is 10.1. The summed E-state index contributed by atoms with van der Waals surface area (Å²) in [7, 11) is -4.34. The molecule has 0 saturated carbocycles. The molecule has 12 heteroatoms. The molecule has 3 rings (SSSR count). The summed E-state index contributed by atoms with van der Waals surface area (Å²) in [5.41, 5.74) is -1.96. The molecule has 172 valence electrons. The Kier molecular flexibility index (Phi) is 6.29. The van der Waals surface area contributed by atoms with Gasteiger partial charge in [0, 0.05) is 25.0 Å². The number of piperazine rings is 1. The number of amides is 1. The highest BCUT2D eigenvalue weighted by Gasteiger charge is 2.48. The van der Waals surface area contributed by atoms with E-state index in [1.165, 1.54) is 18.0 Å². The molecule has 0 N–H and O–H groups in total. The van der Waals surface area contributed by atoms with Crippen LogP contribution in [-0.4, -0.2) is 60.3 Å². The van der Waals surface area contributed by atoms with E-state index < -0.39 is 38.3 Å². The number of aromatic nitrogens is 1. The van der Waals surface area contributed by atoms with E-state index in [9.17, 15) is 31.2 Å². The number of hydrogen-bond donors (Lipinski definition) is 0. The molecule has 0 spiro atoms. The van der Waals surface area contributed by atoms with Gasteiger partial charge in [-0.15, -0.1) is 0 Å². The molecule has 0 unspecified atom stereocenters. The Bertz CT molecular complexity index is 1120. The van der Waals surface area contributed by atoms with Gasteiger partial charge in [0.15, 0.2) is 5.72 Å². The molecule has 1 atom stereocenters. The van der Waals surface area contributed by atoms with Gasteiger partial charge < -0.3 is 9.64 Å². The van der Waals surface area contributed by atoms with E-state index in [0.29, 0.717) is 23.4 Å². The first-order valence-electron chi connectivity index (χ1n) is 9.42. The van der Waals surface area contributed by atoms with E-state index in [-0.39, 0.29) is 26.1 Å². The average Bonchev–Trinajstić information content (AvgIpc) is 2.73. The first kappa shape index (κ1) is 23.7. The molecule has 1 fully saturated rings. The van der Waals surface area contributed by atoms with Crippen molar-refractivity contribution in [1.29, 1.82) is 0 Å². The van der Waals surface area contributed by atoms with Gasteiger partial charge in [-0.2, -0.15) is 17.5 Å². The highest BCUT2D eigenvalue weighted by atomic mass is 32.2. The van der Waals surface area contributed by atoms with Crippen LogP contribution in [0, 0.1) is 6.92 Å². The molecule has 1 amide bonds. The summed E-state index contributed by atoms with van der Waals surface area (Å²) in [6.45, 7) is 2.50. The monoisotopic (exact) mass is 471 g/mol. The largest absolute Gasteiger partial charge is 0.443 e. The fraction of sp³-hybridized carbons (Fsp3) is 0.350. The van der Waals surface area contributed by atoms with Gasteiger partial charge in [0.05, 0.1) is 22.6 Å². The first-order valence-corrected chi connectivity index (χ1v) is 10.9.